The highest BCUT2D eigenvalue weighted by atomic mass is 32.2. The molecule has 0 bridgehead atoms. The van der Waals surface area contributed by atoms with E-state index in [1.165, 1.54) is 0 Å². The van der Waals surface area contributed by atoms with E-state index < -0.39 is 10.0 Å². The van der Waals surface area contributed by atoms with Crippen LogP contribution in [0.15, 0.2) is 42.7 Å². The number of ether oxygens (including phenoxy) is 1. The summed E-state index contributed by atoms with van der Waals surface area (Å²) in [5.41, 5.74) is 3.54. The Hall–Kier alpha value is -2.54. The molecule has 3 rings (SSSR count). The van der Waals surface area contributed by atoms with Crippen LogP contribution in [0.3, 0.4) is 0 Å². The van der Waals surface area contributed by atoms with E-state index in [-0.39, 0.29) is 6.04 Å². The molecule has 7 heteroatoms. The Kier molecular flexibility index (Phi) is 4.43. The first-order valence-corrected chi connectivity index (χ1v) is 9.80. The second kappa shape index (κ2) is 6.40. The normalized spacial score (nSPS) is 11.9. The molecular weight excluding hydrogens is 338 g/mol. The molecule has 132 valence electrons. The molecule has 0 radical (unpaired) electrons. The van der Waals surface area contributed by atoms with Crippen molar-refractivity contribution in [3.05, 3.63) is 42.7 Å². The number of sulfonamides is 1. The lowest BCUT2D eigenvalue weighted by Gasteiger charge is -2.10. The molecule has 2 aromatic heterocycles. The lowest BCUT2D eigenvalue weighted by Crippen LogP contribution is -2.09. The van der Waals surface area contributed by atoms with Crippen molar-refractivity contribution in [2.75, 3.05) is 18.1 Å². The Morgan fingerprint density at radius 3 is 2.52 bits per heavy atom. The third kappa shape index (κ3) is 3.61. The molecule has 2 heterocycles. The van der Waals surface area contributed by atoms with Gasteiger partial charge in [-0.1, -0.05) is 6.07 Å². The number of nitrogens with zero attached hydrogens (tertiary/aromatic N) is 2. The predicted molar refractivity (Wildman–Crippen MR) is 101 cm³/mol. The van der Waals surface area contributed by atoms with Crippen molar-refractivity contribution in [2.45, 2.75) is 19.9 Å². The van der Waals surface area contributed by atoms with Crippen LogP contribution >= 0.6 is 0 Å². The SMILES string of the molecule is COc1ccc(-c2cn(C(C)C)c3cc(NS(C)(=O)=O)ccc23)cn1. The molecule has 6 nitrogen and oxygen atoms in total. The zero-order valence-corrected chi connectivity index (χ0v) is 15.5. The van der Waals surface area contributed by atoms with E-state index in [9.17, 15) is 8.42 Å². The molecule has 3 aromatic rings. The van der Waals surface area contributed by atoms with Gasteiger partial charge in [-0.05, 0) is 32.0 Å². The number of nitrogens with one attached hydrogen (secondary N) is 1. The molecule has 0 atom stereocenters. The van der Waals surface area contributed by atoms with Gasteiger partial charge in [-0.25, -0.2) is 13.4 Å². The summed E-state index contributed by atoms with van der Waals surface area (Å²) < 4.78 is 32.8. The van der Waals surface area contributed by atoms with E-state index in [1.54, 1.807) is 19.4 Å². The average molecular weight is 359 g/mol. The number of methoxy groups -OCH3 is 1. The fourth-order valence-corrected chi connectivity index (χ4v) is 3.40. The van der Waals surface area contributed by atoms with E-state index >= 15 is 0 Å². The summed E-state index contributed by atoms with van der Waals surface area (Å²) in [7, 11) is -1.73. The molecule has 0 amide bonds. The van der Waals surface area contributed by atoms with Crippen LogP contribution in [-0.2, 0) is 10.0 Å². The summed E-state index contributed by atoms with van der Waals surface area (Å²) in [4.78, 5) is 4.28. The van der Waals surface area contributed by atoms with E-state index in [0.717, 1.165) is 28.3 Å². The van der Waals surface area contributed by atoms with E-state index in [4.69, 9.17) is 4.74 Å². The molecule has 0 aliphatic rings. The van der Waals surface area contributed by atoms with Crippen LogP contribution in [0.1, 0.15) is 19.9 Å². The van der Waals surface area contributed by atoms with Crippen LogP contribution in [0.4, 0.5) is 5.69 Å². The van der Waals surface area contributed by atoms with Crippen LogP contribution in [-0.4, -0.2) is 31.3 Å². The highest BCUT2D eigenvalue weighted by Gasteiger charge is 2.14. The number of benzene rings is 1. The van der Waals surface area contributed by atoms with Gasteiger partial charge in [0, 0.05) is 41.0 Å². The van der Waals surface area contributed by atoms with Crippen molar-refractivity contribution < 1.29 is 13.2 Å². The van der Waals surface area contributed by atoms with Gasteiger partial charge in [-0.15, -0.1) is 0 Å². The van der Waals surface area contributed by atoms with Crippen molar-refractivity contribution in [3.63, 3.8) is 0 Å². The van der Waals surface area contributed by atoms with Crippen molar-refractivity contribution in [1.29, 1.82) is 0 Å². The topological polar surface area (TPSA) is 73.2 Å². The Balaban J connectivity index is 2.16. The molecule has 0 aliphatic heterocycles. The fraction of sp³-hybridized carbons (Fsp3) is 0.278. The smallest absolute Gasteiger partial charge is 0.229 e. The standard InChI is InChI=1S/C18H21N3O3S/c1-12(2)21-11-16(13-5-8-18(24-3)19-10-13)15-7-6-14(9-17(15)21)20-25(4,22)23/h5-12,20H,1-4H3. The largest absolute Gasteiger partial charge is 0.481 e. The van der Waals surface area contributed by atoms with Crippen LogP contribution in [0.25, 0.3) is 22.0 Å². The van der Waals surface area contributed by atoms with Crippen LogP contribution < -0.4 is 9.46 Å². The van der Waals surface area contributed by atoms with Gasteiger partial charge in [0.05, 0.1) is 24.6 Å². The number of rotatable bonds is 5. The predicted octanol–water partition coefficient (Wildman–Crippen LogP) is 3.66. The summed E-state index contributed by atoms with van der Waals surface area (Å²) in [6.07, 6.45) is 5.00. The van der Waals surface area contributed by atoms with Crippen LogP contribution in [0.2, 0.25) is 0 Å². The fourth-order valence-electron chi connectivity index (χ4n) is 2.85. The molecule has 1 N–H and O–H groups in total. The molecule has 0 unspecified atom stereocenters. The molecule has 0 saturated carbocycles. The zero-order chi connectivity index (χ0) is 18.2. The quantitative estimate of drug-likeness (QED) is 0.754. The number of anilines is 1. The maximum Gasteiger partial charge on any atom is 0.229 e. The van der Waals surface area contributed by atoms with Gasteiger partial charge in [0.15, 0.2) is 0 Å². The number of aromatic nitrogens is 2. The van der Waals surface area contributed by atoms with Crippen molar-refractivity contribution >= 4 is 26.6 Å². The molecule has 0 fully saturated rings. The molecule has 0 saturated heterocycles. The van der Waals surface area contributed by atoms with Crippen molar-refractivity contribution in [2.24, 2.45) is 0 Å². The maximum absolute atomic E-state index is 11.5. The summed E-state index contributed by atoms with van der Waals surface area (Å²) in [6, 6.07) is 9.59. The number of hydrogen-bond donors (Lipinski definition) is 1. The Bertz CT molecular complexity index is 1010. The first kappa shape index (κ1) is 17.3. The molecular formula is C18H21N3O3S. The van der Waals surface area contributed by atoms with Crippen LogP contribution in [0.5, 0.6) is 5.88 Å². The molecule has 25 heavy (non-hydrogen) atoms. The first-order chi connectivity index (χ1) is 11.8. The lowest BCUT2D eigenvalue weighted by atomic mass is 10.1. The molecule has 0 spiro atoms. The Morgan fingerprint density at radius 2 is 1.96 bits per heavy atom. The average Bonchev–Trinajstić information content (AvgIpc) is 2.92. The van der Waals surface area contributed by atoms with E-state index in [0.29, 0.717) is 11.6 Å². The number of fused-ring (bicyclic) bond motifs is 1. The minimum atomic E-state index is -3.32. The van der Waals surface area contributed by atoms with Gasteiger partial charge >= 0.3 is 0 Å². The van der Waals surface area contributed by atoms with Gasteiger partial charge in [0.25, 0.3) is 0 Å². The van der Waals surface area contributed by atoms with Gasteiger partial charge in [0.2, 0.25) is 15.9 Å². The van der Waals surface area contributed by atoms with Gasteiger partial charge in [-0.3, -0.25) is 4.72 Å². The molecule has 1 aromatic carbocycles. The summed E-state index contributed by atoms with van der Waals surface area (Å²) in [6.45, 7) is 4.18. The summed E-state index contributed by atoms with van der Waals surface area (Å²) in [5, 5.41) is 1.04. The van der Waals surface area contributed by atoms with Crippen molar-refractivity contribution in [1.82, 2.24) is 9.55 Å². The Labute approximate surface area is 147 Å². The minimum Gasteiger partial charge on any atom is -0.481 e. The molecule has 0 aliphatic carbocycles. The maximum atomic E-state index is 11.5. The van der Waals surface area contributed by atoms with Gasteiger partial charge in [0.1, 0.15) is 0 Å². The summed E-state index contributed by atoms with van der Waals surface area (Å²) in [5.74, 6) is 0.566. The third-order valence-electron chi connectivity index (χ3n) is 3.95. The highest BCUT2D eigenvalue weighted by molar-refractivity contribution is 7.92. The number of hydrogen-bond acceptors (Lipinski definition) is 4. The van der Waals surface area contributed by atoms with E-state index in [2.05, 4.69) is 34.3 Å². The van der Waals surface area contributed by atoms with Crippen LogP contribution in [0, 0.1) is 0 Å². The first-order valence-electron chi connectivity index (χ1n) is 7.91. The summed E-state index contributed by atoms with van der Waals surface area (Å²) >= 11 is 0. The van der Waals surface area contributed by atoms with E-state index in [1.807, 2.05) is 24.3 Å². The monoisotopic (exact) mass is 359 g/mol. The highest BCUT2D eigenvalue weighted by Crippen LogP contribution is 2.34. The minimum absolute atomic E-state index is 0.232. The van der Waals surface area contributed by atoms with Gasteiger partial charge < -0.3 is 9.30 Å². The second-order valence-electron chi connectivity index (χ2n) is 6.24. The lowest BCUT2D eigenvalue weighted by molar-refractivity contribution is 0.398. The van der Waals surface area contributed by atoms with Gasteiger partial charge in [-0.2, -0.15) is 0 Å². The zero-order valence-electron chi connectivity index (χ0n) is 14.6. The second-order valence-corrected chi connectivity index (χ2v) is 7.99. The third-order valence-corrected chi connectivity index (χ3v) is 4.56. The Morgan fingerprint density at radius 1 is 1.20 bits per heavy atom. The van der Waals surface area contributed by atoms with Crippen molar-refractivity contribution in [3.8, 4) is 17.0 Å². The number of pyridine rings is 1.